The van der Waals surface area contributed by atoms with E-state index >= 15 is 0 Å². The van der Waals surface area contributed by atoms with Crippen LogP contribution in [0, 0.1) is 0 Å². The molecule has 0 spiro atoms. The highest BCUT2D eigenvalue weighted by molar-refractivity contribution is 5.93. The molecule has 1 unspecified atom stereocenters. The molecule has 0 aliphatic heterocycles. The second kappa shape index (κ2) is 6.72. The average molecular weight is 341 g/mol. The molecule has 5 heteroatoms. The summed E-state index contributed by atoms with van der Waals surface area (Å²) in [6, 6.07) is 20.4. The van der Waals surface area contributed by atoms with Gasteiger partial charge >= 0.3 is 5.97 Å². The van der Waals surface area contributed by atoms with Crippen molar-refractivity contribution in [2.75, 3.05) is 0 Å². The van der Waals surface area contributed by atoms with Crippen molar-refractivity contribution in [3.8, 4) is 11.3 Å². The number of nitrogens with zero attached hydrogens (tertiary/aromatic N) is 3. The van der Waals surface area contributed by atoms with Gasteiger partial charge in [-0.15, -0.1) is 0 Å². The fourth-order valence-electron chi connectivity index (χ4n) is 3.11. The smallest absolute Gasteiger partial charge is 0.315 e. The Morgan fingerprint density at radius 3 is 2.50 bits per heavy atom. The Bertz CT molecular complexity index is 1080. The van der Waals surface area contributed by atoms with Crippen molar-refractivity contribution in [3.05, 3.63) is 90.3 Å². The Labute approximate surface area is 150 Å². The van der Waals surface area contributed by atoms with Crippen LogP contribution in [0.5, 0.6) is 0 Å². The van der Waals surface area contributed by atoms with E-state index in [0.29, 0.717) is 11.3 Å². The van der Waals surface area contributed by atoms with Gasteiger partial charge in [-0.05, 0) is 29.3 Å². The lowest BCUT2D eigenvalue weighted by Gasteiger charge is -2.14. The van der Waals surface area contributed by atoms with Crippen LogP contribution in [0.4, 0.5) is 0 Å². The molecule has 126 valence electrons. The minimum absolute atomic E-state index is 0.676. The van der Waals surface area contributed by atoms with E-state index in [-0.39, 0.29) is 0 Å². The minimum atomic E-state index is -0.897. The summed E-state index contributed by atoms with van der Waals surface area (Å²) in [5, 5.41) is 18.9. The summed E-state index contributed by atoms with van der Waals surface area (Å²) < 4.78 is 0. The number of benzene rings is 2. The molecule has 2 aromatic carbocycles. The Kier molecular flexibility index (Phi) is 4.11. The predicted molar refractivity (Wildman–Crippen MR) is 98.7 cm³/mol. The monoisotopic (exact) mass is 341 g/mol. The number of aliphatic carboxylic acids is 1. The van der Waals surface area contributed by atoms with Gasteiger partial charge in [0.2, 0.25) is 0 Å². The normalized spacial score (nSPS) is 12.0. The first-order valence-corrected chi connectivity index (χ1v) is 8.18. The lowest BCUT2D eigenvalue weighted by Crippen LogP contribution is -2.13. The molecule has 2 aromatic heterocycles. The van der Waals surface area contributed by atoms with Crippen LogP contribution in [0.25, 0.3) is 22.2 Å². The molecule has 0 fully saturated rings. The first-order chi connectivity index (χ1) is 12.7. The molecule has 0 aliphatic carbocycles. The van der Waals surface area contributed by atoms with E-state index < -0.39 is 11.9 Å². The van der Waals surface area contributed by atoms with E-state index in [2.05, 4.69) is 15.2 Å². The number of carbonyl (C=O) groups is 1. The molecule has 0 radical (unpaired) electrons. The van der Waals surface area contributed by atoms with Gasteiger partial charge in [-0.1, -0.05) is 48.5 Å². The van der Waals surface area contributed by atoms with Gasteiger partial charge in [-0.3, -0.25) is 9.78 Å². The first kappa shape index (κ1) is 15.9. The van der Waals surface area contributed by atoms with E-state index in [1.165, 1.54) is 0 Å². The zero-order valence-corrected chi connectivity index (χ0v) is 13.8. The Hall–Kier alpha value is -3.60. The van der Waals surface area contributed by atoms with Crippen molar-refractivity contribution in [3.63, 3.8) is 0 Å². The number of aromatic nitrogens is 3. The minimum Gasteiger partial charge on any atom is -0.481 e. The second-order valence-corrected chi connectivity index (χ2v) is 5.93. The average Bonchev–Trinajstić information content (AvgIpc) is 2.68. The van der Waals surface area contributed by atoms with Gasteiger partial charge in [0, 0.05) is 17.1 Å². The number of hydrogen-bond donors (Lipinski definition) is 1. The highest BCUT2D eigenvalue weighted by Crippen LogP contribution is 2.30. The van der Waals surface area contributed by atoms with Gasteiger partial charge in [-0.2, -0.15) is 10.2 Å². The van der Waals surface area contributed by atoms with E-state index in [1.807, 2.05) is 60.7 Å². The predicted octanol–water partition coefficient (Wildman–Crippen LogP) is 3.91. The lowest BCUT2D eigenvalue weighted by molar-refractivity contribution is -0.137. The summed E-state index contributed by atoms with van der Waals surface area (Å²) >= 11 is 0. The molecule has 4 rings (SSSR count). The molecular weight excluding hydrogens is 326 g/mol. The van der Waals surface area contributed by atoms with Gasteiger partial charge in [0.15, 0.2) is 0 Å². The molecule has 0 aliphatic rings. The van der Waals surface area contributed by atoms with Crippen molar-refractivity contribution < 1.29 is 9.90 Å². The second-order valence-electron chi connectivity index (χ2n) is 5.93. The van der Waals surface area contributed by atoms with Crippen molar-refractivity contribution in [1.29, 1.82) is 0 Å². The third-order valence-electron chi connectivity index (χ3n) is 4.32. The molecule has 1 N–H and O–H groups in total. The molecule has 26 heavy (non-hydrogen) atoms. The first-order valence-electron chi connectivity index (χ1n) is 8.18. The van der Waals surface area contributed by atoms with Crippen LogP contribution in [0.3, 0.4) is 0 Å². The third-order valence-corrected chi connectivity index (χ3v) is 4.32. The maximum absolute atomic E-state index is 11.9. The summed E-state index contributed by atoms with van der Waals surface area (Å²) in [4.78, 5) is 16.4. The molecular formula is C21H15N3O2. The van der Waals surface area contributed by atoms with E-state index in [4.69, 9.17) is 0 Å². The van der Waals surface area contributed by atoms with Gasteiger partial charge < -0.3 is 5.11 Å². The summed E-state index contributed by atoms with van der Waals surface area (Å²) in [6.07, 6.45) is 3.30. The maximum Gasteiger partial charge on any atom is 0.315 e. The molecule has 0 amide bonds. The van der Waals surface area contributed by atoms with Gasteiger partial charge in [0.1, 0.15) is 5.92 Å². The molecule has 4 aromatic rings. The number of carboxylic acids is 1. The maximum atomic E-state index is 11.9. The number of carboxylic acid groups (broad SMARTS) is 1. The summed E-state index contributed by atoms with van der Waals surface area (Å²) in [6.45, 7) is 0. The zero-order valence-electron chi connectivity index (χ0n) is 13.8. The van der Waals surface area contributed by atoms with Crippen molar-refractivity contribution in [2.45, 2.75) is 5.92 Å². The molecule has 1 atom stereocenters. The number of hydrogen-bond acceptors (Lipinski definition) is 4. The van der Waals surface area contributed by atoms with Gasteiger partial charge in [0.25, 0.3) is 0 Å². The molecule has 0 bridgehead atoms. The largest absolute Gasteiger partial charge is 0.481 e. The van der Waals surface area contributed by atoms with E-state index in [0.717, 1.165) is 22.0 Å². The molecule has 5 nitrogen and oxygen atoms in total. The quantitative estimate of drug-likeness (QED) is 0.609. The Morgan fingerprint density at radius 2 is 1.69 bits per heavy atom. The summed E-state index contributed by atoms with van der Waals surface area (Å²) in [5.41, 5.74) is 3.69. The Balaban J connectivity index is 1.85. The van der Waals surface area contributed by atoms with E-state index in [9.17, 15) is 9.90 Å². The van der Waals surface area contributed by atoms with Crippen LogP contribution < -0.4 is 0 Å². The fourth-order valence-corrected chi connectivity index (χ4v) is 3.11. The van der Waals surface area contributed by atoms with Crippen LogP contribution in [-0.4, -0.2) is 26.3 Å². The van der Waals surface area contributed by atoms with Crippen LogP contribution in [-0.2, 0) is 4.79 Å². The van der Waals surface area contributed by atoms with Crippen LogP contribution in [0.1, 0.15) is 17.0 Å². The Morgan fingerprint density at radius 1 is 0.923 bits per heavy atom. The van der Waals surface area contributed by atoms with Crippen molar-refractivity contribution >= 4 is 16.9 Å². The summed E-state index contributed by atoms with van der Waals surface area (Å²) in [5.74, 6) is -1.65. The highest BCUT2D eigenvalue weighted by Gasteiger charge is 2.22. The van der Waals surface area contributed by atoms with Crippen molar-refractivity contribution in [2.24, 2.45) is 0 Å². The number of fused-ring (bicyclic) bond motifs is 1. The SMILES string of the molecule is O=C(O)C(c1ccccc1)c1ccnc(-c2cnnc3ccccc23)c1. The van der Waals surface area contributed by atoms with Crippen LogP contribution in [0.2, 0.25) is 0 Å². The highest BCUT2D eigenvalue weighted by atomic mass is 16.4. The van der Waals surface area contributed by atoms with Crippen LogP contribution in [0.15, 0.2) is 79.1 Å². The molecule has 2 heterocycles. The number of pyridine rings is 1. The van der Waals surface area contributed by atoms with Gasteiger partial charge in [0.05, 0.1) is 17.4 Å². The molecule has 0 saturated carbocycles. The standard InChI is InChI=1S/C21H15N3O2/c25-21(26)20(14-6-2-1-3-7-14)15-10-11-22-19(12-15)17-13-23-24-18-9-5-4-8-16(17)18/h1-13,20H,(H,25,26). The lowest BCUT2D eigenvalue weighted by atomic mass is 9.91. The fraction of sp³-hybridized carbons (Fsp3) is 0.0476. The third kappa shape index (κ3) is 2.91. The van der Waals surface area contributed by atoms with Crippen molar-refractivity contribution in [1.82, 2.24) is 15.2 Å². The van der Waals surface area contributed by atoms with Gasteiger partial charge in [-0.25, -0.2) is 0 Å². The van der Waals surface area contributed by atoms with E-state index in [1.54, 1.807) is 18.5 Å². The van der Waals surface area contributed by atoms with Crippen LogP contribution >= 0.6 is 0 Å². The topological polar surface area (TPSA) is 76.0 Å². The molecule has 0 saturated heterocycles. The zero-order chi connectivity index (χ0) is 17.9. The number of rotatable bonds is 4. The summed E-state index contributed by atoms with van der Waals surface area (Å²) in [7, 11) is 0.